The highest BCUT2D eigenvalue weighted by atomic mass is 32.2. The van der Waals surface area contributed by atoms with Crippen LogP contribution in [0.1, 0.15) is 38.5 Å². The van der Waals surface area contributed by atoms with E-state index in [0.29, 0.717) is 11.0 Å². The predicted molar refractivity (Wildman–Crippen MR) is 74.8 cm³/mol. The van der Waals surface area contributed by atoms with E-state index in [0.717, 1.165) is 38.8 Å². The van der Waals surface area contributed by atoms with E-state index < -0.39 is 0 Å². The Bertz CT molecular complexity index is 262. The summed E-state index contributed by atoms with van der Waals surface area (Å²) in [6.07, 6.45) is 5.69. The molecule has 3 N–H and O–H groups in total. The number of aliphatic hydroxyl groups excluding tert-OH is 1. The normalized spacial score (nSPS) is 30.1. The van der Waals surface area contributed by atoms with Gasteiger partial charge in [0, 0.05) is 11.3 Å². The fourth-order valence-corrected chi connectivity index (χ4v) is 3.68. The van der Waals surface area contributed by atoms with Gasteiger partial charge in [-0.2, -0.15) is 0 Å². The summed E-state index contributed by atoms with van der Waals surface area (Å²) in [5.74, 6) is 0.754. The molecule has 0 aromatic carbocycles. The molecule has 1 heterocycles. The van der Waals surface area contributed by atoms with E-state index in [1.54, 1.807) is 11.8 Å². The summed E-state index contributed by atoms with van der Waals surface area (Å²) in [6, 6.07) is 0.287. The Morgan fingerprint density at radius 1 is 1.17 bits per heavy atom. The van der Waals surface area contributed by atoms with E-state index in [1.165, 1.54) is 12.8 Å². The third-order valence-corrected chi connectivity index (χ3v) is 5.17. The number of hydrogen-bond acceptors (Lipinski definition) is 4. The largest absolute Gasteiger partial charge is 0.393 e. The molecule has 0 atom stereocenters. The molecule has 1 amide bonds. The number of amides is 1. The highest BCUT2D eigenvalue weighted by Crippen LogP contribution is 2.21. The summed E-state index contributed by atoms with van der Waals surface area (Å²) in [4.78, 5) is 11.8. The first-order valence-corrected chi connectivity index (χ1v) is 8.08. The lowest BCUT2D eigenvalue weighted by molar-refractivity contribution is -0.119. The van der Waals surface area contributed by atoms with E-state index >= 15 is 0 Å². The summed E-state index contributed by atoms with van der Waals surface area (Å²) in [5.41, 5.74) is 0. The van der Waals surface area contributed by atoms with Crippen molar-refractivity contribution in [3.63, 3.8) is 0 Å². The first-order valence-electron chi connectivity index (χ1n) is 7.04. The molecule has 2 aliphatic rings. The maximum Gasteiger partial charge on any atom is 0.230 e. The molecule has 1 aliphatic carbocycles. The Labute approximate surface area is 113 Å². The van der Waals surface area contributed by atoms with Crippen LogP contribution < -0.4 is 10.6 Å². The van der Waals surface area contributed by atoms with Gasteiger partial charge in [-0.1, -0.05) is 0 Å². The zero-order valence-electron chi connectivity index (χ0n) is 10.9. The Morgan fingerprint density at radius 2 is 1.83 bits per heavy atom. The molecule has 2 rings (SSSR count). The molecule has 0 radical (unpaired) electrons. The van der Waals surface area contributed by atoms with Gasteiger partial charge in [0.25, 0.3) is 0 Å². The van der Waals surface area contributed by atoms with Crippen LogP contribution in [0.4, 0.5) is 0 Å². The van der Waals surface area contributed by atoms with Crippen molar-refractivity contribution in [2.45, 2.75) is 55.9 Å². The van der Waals surface area contributed by atoms with Crippen LogP contribution in [0, 0.1) is 0 Å². The van der Waals surface area contributed by atoms with Crippen molar-refractivity contribution < 1.29 is 9.90 Å². The standard InChI is InChI=1S/C13H24N2O2S/c16-11-3-1-10(2-4-11)15-13(17)9-18-12-5-7-14-8-6-12/h10-12,14,16H,1-9H2,(H,15,17). The van der Waals surface area contributed by atoms with E-state index in [4.69, 9.17) is 0 Å². The maximum absolute atomic E-state index is 11.8. The molecule has 104 valence electrons. The van der Waals surface area contributed by atoms with Gasteiger partial charge in [0.15, 0.2) is 0 Å². The van der Waals surface area contributed by atoms with Crippen LogP contribution >= 0.6 is 11.8 Å². The van der Waals surface area contributed by atoms with Gasteiger partial charge >= 0.3 is 0 Å². The fraction of sp³-hybridized carbons (Fsp3) is 0.923. The SMILES string of the molecule is O=C(CSC1CCNCC1)NC1CCC(O)CC1. The topological polar surface area (TPSA) is 61.4 Å². The molecular weight excluding hydrogens is 248 g/mol. The second-order valence-electron chi connectivity index (χ2n) is 5.33. The highest BCUT2D eigenvalue weighted by molar-refractivity contribution is 8.00. The van der Waals surface area contributed by atoms with Gasteiger partial charge in [0.05, 0.1) is 11.9 Å². The lowest BCUT2D eigenvalue weighted by atomic mass is 9.93. The van der Waals surface area contributed by atoms with Gasteiger partial charge < -0.3 is 15.7 Å². The molecule has 18 heavy (non-hydrogen) atoms. The molecule has 2 fully saturated rings. The average Bonchev–Trinajstić information content (AvgIpc) is 2.40. The third-order valence-electron chi connectivity index (χ3n) is 3.80. The number of hydrogen-bond donors (Lipinski definition) is 3. The summed E-state index contributed by atoms with van der Waals surface area (Å²) < 4.78 is 0. The molecule has 1 aliphatic heterocycles. The number of piperidine rings is 1. The van der Waals surface area contributed by atoms with E-state index in [-0.39, 0.29) is 18.1 Å². The number of nitrogens with one attached hydrogen (secondary N) is 2. The highest BCUT2D eigenvalue weighted by Gasteiger charge is 2.21. The first-order chi connectivity index (χ1) is 8.74. The molecule has 4 nitrogen and oxygen atoms in total. The van der Waals surface area contributed by atoms with Crippen molar-refractivity contribution in [2.24, 2.45) is 0 Å². The van der Waals surface area contributed by atoms with Gasteiger partial charge in [0.2, 0.25) is 5.91 Å². The van der Waals surface area contributed by atoms with Crippen molar-refractivity contribution in [3.05, 3.63) is 0 Å². The molecule has 0 bridgehead atoms. The van der Waals surface area contributed by atoms with Crippen LogP contribution in [0.25, 0.3) is 0 Å². The second kappa shape index (κ2) is 7.36. The summed E-state index contributed by atoms with van der Waals surface area (Å²) >= 11 is 1.79. The van der Waals surface area contributed by atoms with Crippen LogP contribution in [0.15, 0.2) is 0 Å². The predicted octanol–water partition coefficient (Wildman–Crippen LogP) is 0.891. The minimum atomic E-state index is -0.151. The van der Waals surface area contributed by atoms with E-state index in [9.17, 15) is 9.90 Å². The number of aliphatic hydroxyl groups is 1. The summed E-state index contributed by atoms with van der Waals surface area (Å²) in [5, 5.41) is 16.5. The number of carbonyl (C=O) groups excluding carboxylic acids is 1. The smallest absolute Gasteiger partial charge is 0.230 e. The van der Waals surface area contributed by atoms with Crippen molar-refractivity contribution in [1.82, 2.24) is 10.6 Å². The molecule has 5 heteroatoms. The lowest BCUT2D eigenvalue weighted by Gasteiger charge is -2.26. The first kappa shape index (κ1) is 14.2. The van der Waals surface area contributed by atoms with Gasteiger partial charge in [-0.25, -0.2) is 0 Å². The van der Waals surface area contributed by atoms with Gasteiger partial charge in [0.1, 0.15) is 0 Å². The quantitative estimate of drug-likeness (QED) is 0.711. The summed E-state index contributed by atoms with van der Waals surface area (Å²) in [6.45, 7) is 2.17. The molecule has 1 saturated heterocycles. The second-order valence-corrected chi connectivity index (χ2v) is 6.62. The van der Waals surface area contributed by atoms with Crippen molar-refractivity contribution >= 4 is 17.7 Å². The zero-order chi connectivity index (χ0) is 12.8. The van der Waals surface area contributed by atoms with Crippen molar-refractivity contribution in [3.8, 4) is 0 Å². The Kier molecular flexibility index (Phi) is 5.79. The lowest BCUT2D eigenvalue weighted by Crippen LogP contribution is -2.40. The minimum absolute atomic E-state index is 0.151. The molecule has 0 aromatic heterocycles. The van der Waals surface area contributed by atoms with E-state index in [1.807, 2.05) is 0 Å². The molecule has 1 saturated carbocycles. The maximum atomic E-state index is 11.8. The Hall–Kier alpha value is -0.260. The van der Waals surface area contributed by atoms with Gasteiger partial charge in [-0.05, 0) is 51.6 Å². The number of thioether (sulfide) groups is 1. The fourth-order valence-electron chi connectivity index (χ4n) is 2.65. The number of carbonyl (C=O) groups is 1. The molecule has 0 spiro atoms. The molecule has 0 aromatic rings. The summed E-state index contributed by atoms with van der Waals surface area (Å²) in [7, 11) is 0. The van der Waals surface area contributed by atoms with Crippen LogP contribution in [0.2, 0.25) is 0 Å². The van der Waals surface area contributed by atoms with Crippen LogP contribution in [-0.2, 0) is 4.79 Å². The van der Waals surface area contributed by atoms with E-state index in [2.05, 4.69) is 10.6 Å². The minimum Gasteiger partial charge on any atom is -0.393 e. The average molecular weight is 272 g/mol. The van der Waals surface area contributed by atoms with Gasteiger partial charge in [-0.15, -0.1) is 11.8 Å². The van der Waals surface area contributed by atoms with Crippen molar-refractivity contribution in [2.75, 3.05) is 18.8 Å². The van der Waals surface area contributed by atoms with Crippen molar-refractivity contribution in [1.29, 1.82) is 0 Å². The Morgan fingerprint density at radius 3 is 2.50 bits per heavy atom. The monoisotopic (exact) mass is 272 g/mol. The van der Waals surface area contributed by atoms with Crippen LogP contribution in [0.3, 0.4) is 0 Å². The van der Waals surface area contributed by atoms with Gasteiger partial charge in [-0.3, -0.25) is 4.79 Å². The number of rotatable bonds is 4. The molecular formula is C13H24N2O2S. The van der Waals surface area contributed by atoms with Crippen LogP contribution in [0.5, 0.6) is 0 Å². The third kappa shape index (κ3) is 4.78. The zero-order valence-corrected chi connectivity index (χ0v) is 11.7. The Balaban J connectivity index is 1.59. The molecule has 0 unspecified atom stereocenters. The van der Waals surface area contributed by atoms with Crippen LogP contribution in [-0.4, -0.2) is 47.3 Å².